The lowest BCUT2D eigenvalue weighted by Crippen LogP contribution is -2.51. The molecule has 1 aliphatic rings. The minimum atomic E-state index is 0.0774. The lowest BCUT2D eigenvalue weighted by Gasteiger charge is -2.35. The number of benzene rings is 2. The molecule has 0 aromatic heterocycles. The van der Waals surface area contributed by atoms with E-state index in [4.69, 9.17) is 0 Å². The number of hydrogen-bond donors (Lipinski definition) is 1. The number of piperazine rings is 1. The van der Waals surface area contributed by atoms with Crippen LogP contribution >= 0.6 is 0 Å². The molecular weight excluding hydrogens is 322 g/mol. The summed E-state index contributed by atoms with van der Waals surface area (Å²) >= 11 is 0. The molecule has 3 rings (SSSR count). The molecule has 2 aromatic rings. The molecule has 0 bridgehead atoms. The smallest absolute Gasteiger partial charge is 0.317 e. The standard InChI is InChI=1S/C22H29N3O/c1-19-8-5-6-12-21(19)18-24-14-16-25(17-15-24)22(26)23-13-7-11-20-9-3-2-4-10-20/h2-6,8-10,12H,7,11,13-18H2,1H3,(H,23,26). The molecule has 4 nitrogen and oxygen atoms in total. The first kappa shape index (κ1) is 18.5. The van der Waals surface area contributed by atoms with E-state index in [9.17, 15) is 4.79 Å². The van der Waals surface area contributed by atoms with Crippen LogP contribution in [0.5, 0.6) is 0 Å². The number of nitrogens with zero attached hydrogens (tertiary/aromatic N) is 2. The summed E-state index contributed by atoms with van der Waals surface area (Å²) in [6, 6.07) is 19.0. The molecule has 2 amide bonds. The molecule has 0 radical (unpaired) electrons. The minimum absolute atomic E-state index is 0.0774. The van der Waals surface area contributed by atoms with Gasteiger partial charge in [0.2, 0.25) is 0 Å². The highest BCUT2D eigenvalue weighted by molar-refractivity contribution is 5.74. The molecule has 4 heteroatoms. The van der Waals surface area contributed by atoms with Crippen molar-refractivity contribution in [2.75, 3.05) is 32.7 Å². The van der Waals surface area contributed by atoms with E-state index in [0.717, 1.165) is 52.1 Å². The highest BCUT2D eigenvalue weighted by Crippen LogP contribution is 2.12. The number of nitrogens with one attached hydrogen (secondary N) is 1. The normalized spacial score (nSPS) is 15.0. The van der Waals surface area contributed by atoms with Gasteiger partial charge in [-0.15, -0.1) is 0 Å². The summed E-state index contributed by atoms with van der Waals surface area (Å²) in [5, 5.41) is 3.06. The Morgan fingerprint density at radius 2 is 1.65 bits per heavy atom. The van der Waals surface area contributed by atoms with Crippen molar-refractivity contribution in [3.05, 3.63) is 71.3 Å². The van der Waals surface area contributed by atoms with Crippen molar-refractivity contribution in [3.63, 3.8) is 0 Å². The number of hydrogen-bond acceptors (Lipinski definition) is 2. The monoisotopic (exact) mass is 351 g/mol. The van der Waals surface area contributed by atoms with Crippen molar-refractivity contribution < 1.29 is 4.79 Å². The third kappa shape index (κ3) is 5.33. The average molecular weight is 351 g/mol. The summed E-state index contributed by atoms with van der Waals surface area (Å²) < 4.78 is 0. The van der Waals surface area contributed by atoms with Crippen molar-refractivity contribution in [3.8, 4) is 0 Å². The second-order valence-corrected chi connectivity index (χ2v) is 7.01. The number of urea groups is 1. The zero-order valence-corrected chi connectivity index (χ0v) is 15.7. The Bertz CT molecular complexity index is 694. The quantitative estimate of drug-likeness (QED) is 0.809. The van der Waals surface area contributed by atoms with Gasteiger partial charge in [0.15, 0.2) is 0 Å². The first-order chi connectivity index (χ1) is 12.7. The van der Waals surface area contributed by atoms with Crippen molar-refractivity contribution in [1.82, 2.24) is 15.1 Å². The molecule has 0 atom stereocenters. The molecule has 2 aromatic carbocycles. The van der Waals surface area contributed by atoms with Crippen LogP contribution in [0, 0.1) is 6.92 Å². The Labute approximate surface area is 156 Å². The molecule has 1 aliphatic heterocycles. The Hall–Kier alpha value is -2.33. The maximum Gasteiger partial charge on any atom is 0.317 e. The van der Waals surface area contributed by atoms with Gasteiger partial charge in [-0.3, -0.25) is 4.90 Å². The highest BCUT2D eigenvalue weighted by atomic mass is 16.2. The molecule has 0 saturated carbocycles. The summed E-state index contributed by atoms with van der Waals surface area (Å²) in [7, 11) is 0. The third-order valence-corrected chi connectivity index (χ3v) is 5.08. The van der Waals surface area contributed by atoms with Crippen molar-refractivity contribution in [2.45, 2.75) is 26.3 Å². The summed E-state index contributed by atoms with van der Waals surface area (Å²) in [6.45, 7) is 7.34. The Kier molecular flexibility index (Phi) is 6.67. The molecule has 1 N–H and O–H groups in total. The number of carbonyl (C=O) groups excluding carboxylic acids is 1. The number of aryl methyl sites for hydroxylation is 2. The molecular formula is C22H29N3O. The van der Waals surface area contributed by atoms with Crippen LogP contribution < -0.4 is 5.32 Å². The summed E-state index contributed by atoms with van der Waals surface area (Å²) in [5.41, 5.74) is 4.05. The summed E-state index contributed by atoms with van der Waals surface area (Å²) in [4.78, 5) is 16.7. The summed E-state index contributed by atoms with van der Waals surface area (Å²) in [5.74, 6) is 0. The lowest BCUT2D eigenvalue weighted by atomic mass is 10.1. The van der Waals surface area contributed by atoms with Crippen LogP contribution in [-0.2, 0) is 13.0 Å². The fourth-order valence-corrected chi connectivity index (χ4v) is 3.38. The summed E-state index contributed by atoms with van der Waals surface area (Å²) in [6.07, 6.45) is 1.98. The second kappa shape index (κ2) is 9.39. The van der Waals surface area contributed by atoms with Crippen molar-refractivity contribution in [2.24, 2.45) is 0 Å². The number of carbonyl (C=O) groups is 1. The number of rotatable bonds is 6. The van der Waals surface area contributed by atoms with E-state index in [0.29, 0.717) is 0 Å². The maximum absolute atomic E-state index is 12.3. The predicted molar refractivity (Wildman–Crippen MR) is 106 cm³/mol. The lowest BCUT2D eigenvalue weighted by molar-refractivity contribution is 0.135. The van der Waals surface area contributed by atoms with Gasteiger partial charge < -0.3 is 10.2 Å². The van der Waals surface area contributed by atoms with Crippen LogP contribution in [0.15, 0.2) is 54.6 Å². The number of amides is 2. The van der Waals surface area contributed by atoms with Gasteiger partial charge in [0.1, 0.15) is 0 Å². The zero-order valence-electron chi connectivity index (χ0n) is 15.7. The van der Waals surface area contributed by atoms with Gasteiger partial charge in [0.05, 0.1) is 0 Å². The maximum atomic E-state index is 12.3. The molecule has 1 heterocycles. The fourth-order valence-electron chi connectivity index (χ4n) is 3.38. The largest absolute Gasteiger partial charge is 0.338 e. The van der Waals surface area contributed by atoms with Gasteiger partial charge in [-0.05, 0) is 36.5 Å². The van der Waals surface area contributed by atoms with Crippen LogP contribution in [0.25, 0.3) is 0 Å². The van der Waals surface area contributed by atoms with Gasteiger partial charge in [0, 0.05) is 39.3 Å². The van der Waals surface area contributed by atoms with Crippen molar-refractivity contribution >= 4 is 6.03 Å². The van der Waals surface area contributed by atoms with Crippen LogP contribution in [0.1, 0.15) is 23.1 Å². The van der Waals surface area contributed by atoms with Gasteiger partial charge >= 0.3 is 6.03 Å². The van der Waals surface area contributed by atoms with Crippen LogP contribution in [0.3, 0.4) is 0 Å². The Morgan fingerprint density at radius 3 is 2.38 bits per heavy atom. The molecule has 26 heavy (non-hydrogen) atoms. The molecule has 1 fully saturated rings. The first-order valence-corrected chi connectivity index (χ1v) is 9.56. The predicted octanol–water partition coefficient (Wildman–Crippen LogP) is 3.46. The third-order valence-electron chi connectivity index (χ3n) is 5.08. The topological polar surface area (TPSA) is 35.6 Å². The molecule has 138 valence electrons. The van der Waals surface area contributed by atoms with E-state index >= 15 is 0 Å². The van der Waals surface area contributed by atoms with E-state index < -0.39 is 0 Å². The molecule has 0 aliphatic carbocycles. The molecule has 0 unspecified atom stereocenters. The second-order valence-electron chi connectivity index (χ2n) is 7.01. The Morgan fingerprint density at radius 1 is 0.962 bits per heavy atom. The van der Waals surface area contributed by atoms with E-state index in [1.165, 1.54) is 16.7 Å². The van der Waals surface area contributed by atoms with E-state index in [2.05, 4.69) is 65.7 Å². The fraction of sp³-hybridized carbons (Fsp3) is 0.409. The van der Waals surface area contributed by atoms with Crippen LogP contribution in [0.2, 0.25) is 0 Å². The van der Waals surface area contributed by atoms with Gasteiger partial charge in [-0.25, -0.2) is 4.79 Å². The van der Waals surface area contributed by atoms with Crippen LogP contribution in [-0.4, -0.2) is 48.6 Å². The van der Waals surface area contributed by atoms with E-state index in [-0.39, 0.29) is 6.03 Å². The average Bonchev–Trinajstić information content (AvgIpc) is 2.68. The van der Waals surface area contributed by atoms with Crippen LogP contribution in [0.4, 0.5) is 4.79 Å². The molecule has 0 spiro atoms. The van der Waals surface area contributed by atoms with E-state index in [1.54, 1.807) is 0 Å². The molecule has 1 saturated heterocycles. The zero-order chi connectivity index (χ0) is 18.2. The SMILES string of the molecule is Cc1ccccc1CN1CCN(C(=O)NCCCc2ccccc2)CC1. The van der Waals surface area contributed by atoms with E-state index in [1.807, 2.05) is 11.0 Å². The van der Waals surface area contributed by atoms with Crippen molar-refractivity contribution in [1.29, 1.82) is 0 Å². The Balaban J connectivity index is 1.35. The van der Waals surface area contributed by atoms with Gasteiger partial charge in [-0.1, -0.05) is 54.6 Å². The first-order valence-electron chi connectivity index (χ1n) is 9.56. The highest BCUT2D eigenvalue weighted by Gasteiger charge is 2.20. The minimum Gasteiger partial charge on any atom is -0.338 e. The van der Waals surface area contributed by atoms with Gasteiger partial charge in [0.25, 0.3) is 0 Å². The van der Waals surface area contributed by atoms with Gasteiger partial charge in [-0.2, -0.15) is 0 Å².